The number of carbonyl (C=O) groups is 1. The molecule has 0 saturated heterocycles. The molecule has 2 N–H and O–H groups in total. The number of amides is 1. The molecule has 0 aliphatic heterocycles. The molecule has 1 saturated carbocycles. The van der Waals surface area contributed by atoms with Crippen LogP contribution >= 0.6 is 0 Å². The van der Waals surface area contributed by atoms with Crippen LogP contribution in [0.2, 0.25) is 0 Å². The zero-order valence-corrected chi connectivity index (χ0v) is 20.9. The maximum atomic E-state index is 13.4. The highest BCUT2D eigenvalue weighted by molar-refractivity contribution is 5.95. The van der Waals surface area contributed by atoms with E-state index >= 15 is 0 Å². The van der Waals surface area contributed by atoms with E-state index in [2.05, 4.69) is 69.7 Å². The molecule has 2 aromatic heterocycles. The van der Waals surface area contributed by atoms with Crippen molar-refractivity contribution in [3.05, 3.63) is 102 Å². The molecule has 0 radical (unpaired) electrons. The lowest BCUT2D eigenvalue weighted by atomic mass is 9.93. The van der Waals surface area contributed by atoms with Gasteiger partial charge in [-0.05, 0) is 55.4 Å². The van der Waals surface area contributed by atoms with Crippen LogP contribution in [-0.4, -0.2) is 27.2 Å². The topological polar surface area (TPSA) is 71.8 Å². The Morgan fingerprint density at radius 3 is 2.42 bits per heavy atom. The molecule has 1 amide bonds. The van der Waals surface area contributed by atoms with Gasteiger partial charge in [-0.3, -0.25) is 9.48 Å². The minimum Gasteiger partial charge on any atom is -0.309 e. The molecule has 1 aliphatic carbocycles. The summed E-state index contributed by atoms with van der Waals surface area (Å²) in [7, 11) is 0. The van der Waals surface area contributed by atoms with E-state index in [9.17, 15) is 4.79 Å². The fourth-order valence-corrected chi connectivity index (χ4v) is 4.49. The molecule has 2 heterocycles. The van der Waals surface area contributed by atoms with Crippen molar-refractivity contribution < 1.29 is 4.79 Å². The summed E-state index contributed by atoms with van der Waals surface area (Å²) in [5, 5.41) is 11.0. The summed E-state index contributed by atoms with van der Waals surface area (Å²) in [5.41, 5.74) is 5.44. The molecule has 0 unspecified atom stereocenters. The average Bonchev–Trinajstić information content (AvgIpc) is 3.34. The van der Waals surface area contributed by atoms with Gasteiger partial charge < -0.3 is 10.6 Å². The Morgan fingerprint density at radius 1 is 0.972 bits per heavy atom. The number of benzene rings is 2. The summed E-state index contributed by atoms with van der Waals surface area (Å²) in [4.78, 5) is 17.9. The molecule has 4 aromatic rings. The minimum absolute atomic E-state index is 0.129. The summed E-state index contributed by atoms with van der Waals surface area (Å²) >= 11 is 0. The number of aryl methyl sites for hydroxylation is 1. The smallest absolute Gasteiger partial charge is 0.247 e. The first kappa shape index (κ1) is 23.9. The monoisotopic (exact) mass is 479 g/mol. The van der Waals surface area contributed by atoms with Crippen LogP contribution in [0.25, 0.3) is 11.1 Å². The lowest BCUT2D eigenvalue weighted by Gasteiger charge is -2.25. The van der Waals surface area contributed by atoms with E-state index in [1.165, 1.54) is 30.4 Å². The first-order chi connectivity index (χ1) is 17.6. The third-order valence-corrected chi connectivity index (χ3v) is 7.07. The van der Waals surface area contributed by atoms with Crippen molar-refractivity contribution in [3.8, 4) is 11.1 Å². The number of rotatable bonds is 9. The third-order valence-electron chi connectivity index (χ3n) is 7.07. The number of hydrogen-bond donors (Lipinski definition) is 2. The number of nitrogens with zero attached hydrogens (tertiary/aromatic N) is 3. The normalized spacial score (nSPS) is 15.2. The minimum atomic E-state index is -0.485. The highest BCUT2D eigenvalue weighted by atomic mass is 16.2. The van der Waals surface area contributed by atoms with Crippen molar-refractivity contribution in [1.29, 1.82) is 0 Å². The molecule has 36 heavy (non-hydrogen) atoms. The van der Waals surface area contributed by atoms with Crippen molar-refractivity contribution in [2.75, 3.05) is 11.9 Å². The van der Waals surface area contributed by atoms with Gasteiger partial charge in [0.25, 0.3) is 0 Å². The summed E-state index contributed by atoms with van der Waals surface area (Å²) in [6, 6.07) is 22.3. The number of hydrogen-bond acceptors (Lipinski definition) is 4. The number of aromatic nitrogens is 3. The van der Waals surface area contributed by atoms with Crippen LogP contribution in [0, 0.1) is 6.92 Å². The molecular weight excluding hydrogens is 446 g/mol. The second-order valence-electron chi connectivity index (χ2n) is 9.78. The fraction of sp³-hybridized carbons (Fsp3) is 0.300. The highest BCUT2D eigenvalue weighted by Crippen LogP contribution is 2.32. The number of pyridine rings is 1. The predicted octanol–water partition coefficient (Wildman–Crippen LogP) is 6.05. The van der Waals surface area contributed by atoms with Crippen LogP contribution in [0.4, 0.5) is 5.82 Å². The summed E-state index contributed by atoms with van der Waals surface area (Å²) in [6.45, 7) is 4.93. The molecule has 6 nitrogen and oxygen atoms in total. The highest BCUT2D eigenvalue weighted by Gasteiger charge is 2.22. The number of carbonyl (C=O) groups excluding carboxylic acids is 1. The van der Waals surface area contributed by atoms with Crippen LogP contribution in [-0.2, 0) is 4.79 Å². The zero-order valence-electron chi connectivity index (χ0n) is 20.9. The Kier molecular flexibility index (Phi) is 7.23. The predicted molar refractivity (Wildman–Crippen MR) is 144 cm³/mol. The maximum Gasteiger partial charge on any atom is 0.247 e. The Hall–Kier alpha value is -3.77. The Balaban J connectivity index is 1.26. The average molecular weight is 480 g/mol. The molecule has 184 valence electrons. The van der Waals surface area contributed by atoms with E-state index in [1.807, 2.05) is 48.7 Å². The SMILES string of the molecule is Cc1ccc([C@@H](C)CN[C@H](C(=O)Nc2ccc(-c3cnn(C4CCC4)c3)cn2)c2ccccc2)cc1. The quantitative estimate of drug-likeness (QED) is 0.306. The van der Waals surface area contributed by atoms with Gasteiger partial charge >= 0.3 is 0 Å². The third kappa shape index (κ3) is 5.55. The van der Waals surface area contributed by atoms with Crippen LogP contribution < -0.4 is 10.6 Å². The molecule has 2 atom stereocenters. The van der Waals surface area contributed by atoms with Gasteiger partial charge in [0.15, 0.2) is 0 Å². The van der Waals surface area contributed by atoms with Gasteiger partial charge in [0.1, 0.15) is 11.9 Å². The Bertz CT molecular complexity index is 1280. The molecule has 2 aromatic carbocycles. The molecule has 1 aliphatic rings. The van der Waals surface area contributed by atoms with E-state index in [1.54, 1.807) is 6.20 Å². The van der Waals surface area contributed by atoms with Crippen LogP contribution in [0.15, 0.2) is 85.3 Å². The molecule has 5 rings (SSSR count). The zero-order chi connectivity index (χ0) is 24.9. The van der Waals surface area contributed by atoms with Crippen LogP contribution in [0.5, 0.6) is 0 Å². The van der Waals surface area contributed by atoms with E-state index in [0.29, 0.717) is 18.4 Å². The Morgan fingerprint density at radius 2 is 1.75 bits per heavy atom. The van der Waals surface area contributed by atoms with Crippen molar-refractivity contribution in [3.63, 3.8) is 0 Å². The van der Waals surface area contributed by atoms with Gasteiger partial charge in [-0.15, -0.1) is 0 Å². The van der Waals surface area contributed by atoms with Crippen LogP contribution in [0.3, 0.4) is 0 Å². The number of anilines is 1. The first-order valence-electron chi connectivity index (χ1n) is 12.7. The Labute approximate surface area is 212 Å². The largest absolute Gasteiger partial charge is 0.309 e. The fourth-order valence-electron chi connectivity index (χ4n) is 4.49. The first-order valence-corrected chi connectivity index (χ1v) is 12.7. The van der Waals surface area contributed by atoms with Gasteiger partial charge in [-0.2, -0.15) is 5.10 Å². The van der Waals surface area contributed by atoms with E-state index < -0.39 is 6.04 Å². The second-order valence-corrected chi connectivity index (χ2v) is 9.78. The van der Waals surface area contributed by atoms with Gasteiger partial charge in [-0.1, -0.05) is 67.1 Å². The maximum absolute atomic E-state index is 13.4. The standard InChI is InChI=1S/C30H33N5O/c1-21-11-13-23(14-12-21)22(2)17-32-29(24-7-4-3-5-8-24)30(36)34-28-16-15-25(18-31-28)26-19-33-35(20-26)27-9-6-10-27/h3-5,7-8,11-16,18-20,22,27,29,32H,6,9-10,17H2,1-2H3,(H,31,34,36)/t22-,29-/m0/s1. The summed E-state index contributed by atoms with van der Waals surface area (Å²) < 4.78 is 2.06. The van der Waals surface area contributed by atoms with Crippen molar-refractivity contribution in [2.45, 2.75) is 51.1 Å². The van der Waals surface area contributed by atoms with E-state index in [0.717, 1.165) is 16.7 Å². The molecular formula is C30H33N5O. The van der Waals surface area contributed by atoms with Gasteiger partial charge in [0, 0.05) is 30.1 Å². The van der Waals surface area contributed by atoms with Crippen molar-refractivity contribution in [1.82, 2.24) is 20.1 Å². The van der Waals surface area contributed by atoms with E-state index in [-0.39, 0.29) is 11.8 Å². The second kappa shape index (κ2) is 10.9. The summed E-state index contributed by atoms with van der Waals surface area (Å²) in [5.74, 6) is 0.669. The lowest BCUT2D eigenvalue weighted by Crippen LogP contribution is -2.35. The number of nitrogens with one attached hydrogen (secondary N) is 2. The lowest BCUT2D eigenvalue weighted by molar-refractivity contribution is -0.118. The van der Waals surface area contributed by atoms with E-state index in [4.69, 9.17) is 0 Å². The molecule has 0 spiro atoms. The summed E-state index contributed by atoms with van der Waals surface area (Å²) in [6.07, 6.45) is 9.44. The van der Waals surface area contributed by atoms with Crippen LogP contribution in [0.1, 0.15) is 60.9 Å². The van der Waals surface area contributed by atoms with Crippen molar-refractivity contribution in [2.24, 2.45) is 0 Å². The van der Waals surface area contributed by atoms with Gasteiger partial charge in [-0.25, -0.2) is 4.98 Å². The van der Waals surface area contributed by atoms with Crippen molar-refractivity contribution >= 4 is 11.7 Å². The molecule has 1 fully saturated rings. The van der Waals surface area contributed by atoms with Gasteiger partial charge in [0.05, 0.1) is 12.2 Å². The molecule has 6 heteroatoms. The molecule has 0 bridgehead atoms. The van der Waals surface area contributed by atoms with Gasteiger partial charge in [0.2, 0.25) is 5.91 Å².